The Morgan fingerprint density at radius 1 is 1.08 bits per heavy atom. The highest BCUT2D eigenvalue weighted by atomic mass is 16.1. The van der Waals surface area contributed by atoms with Crippen LogP contribution in [-0.4, -0.2) is 43.5 Å². The summed E-state index contributed by atoms with van der Waals surface area (Å²) < 4.78 is 0. The maximum atomic E-state index is 11.0. The lowest BCUT2D eigenvalue weighted by atomic mass is 10.1. The number of benzene rings is 2. The number of nitrogen functional groups attached to an aromatic ring is 1. The van der Waals surface area contributed by atoms with Gasteiger partial charge in [-0.1, -0.05) is 30.3 Å². The molecule has 0 radical (unpaired) electrons. The van der Waals surface area contributed by atoms with Gasteiger partial charge >= 0.3 is 0 Å². The van der Waals surface area contributed by atoms with Crippen molar-refractivity contribution in [3.63, 3.8) is 0 Å². The van der Waals surface area contributed by atoms with Crippen molar-refractivity contribution >= 4 is 17.3 Å². The Bertz CT molecular complexity index is 724. The largest absolute Gasteiger partial charge is 0.398 e. The highest BCUT2D eigenvalue weighted by molar-refractivity contribution is 5.72. The molecule has 0 unspecified atom stereocenters. The van der Waals surface area contributed by atoms with Gasteiger partial charge in [-0.05, 0) is 35.7 Å². The van der Waals surface area contributed by atoms with Crippen LogP contribution >= 0.6 is 0 Å². The fraction of sp³-hybridized carbons (Fsp3) is 0.381. The van der Waals surface area contributed by atoms with E-state index < -0.39 is 0 Å². The molecule has 1 heterocycles. The molecular weight excluding hydrogens is 324 g/mol. The molecule has 26 heavy (non-hydrogen) atoms. The van der Waals surface area contributed by atoms with Crippen LogP contribution in [0.2, 0.25) is 0 Å². The molecular formula is C21H28N4O. The Labute approximate surface area is 155 Å². The minimum Gasteiger partial charge on any atom is -0.398 e. The minimum atomic E-state index is -0.00478. The second kappa shape index (κ2) is 8.72. The van der Waals surface area contributed by atoms with Crippen LogP contribution in [0.15, 0.2) is 48.5 Å². The fourth-order valence-electron chi connectivity index (χ4n) is 3.40. The number of piperazine rings is 1. The molecule has 0 aliphatic carbocycles. The van der Waals surface area contributed by atoms with Crippen molar-refractivity contribution in [2.75, 3.05) is 43.4 Å². The molecule has 2 aromatic rings. The zero-order valence-corrected chi connectivity index (χ0v) is 15.4. The molecule has 1 amide bonds. The molecule has 0 aromatic heterocycles. The number of carbonyl (C=O) groups excluding carboxylic acids is 1. The summed E-state index contributed by atoms with van der Waals surface area (Å²) >= 11 is 0. The van der Waals surface area contributed by atoms with E-state index in [9.17, 15) is 4.79 Å². The summed E-state index contributed by atoms with van der Waals surface area (Å²) in [6.45, 7) is 7.30. The van der Waals surface area contributed by atoms with Crippen molar-refractivity contribution in [1.29, 1.82) is 0 Å². The zero-order valence-electron chi connectivity index (χ0n) is 15.4. The average Bonchev–Trinajstić information content (AvgIpc) is 2.65. The lowest BCUT2D eigenvalue weighted by Gasteiger charge is -2.36. The molecule has 1 aliphatic rings. The third kappa shape index (κ3) is 4.99. The first kappa shape index (κ1) is 18.3. The van der Waals surface area contributed by atoms with Gasteiger partial charge in [0.15, 0.2) is 0 Å². The number of nitrogens with zero attached hydrogens (tertiary/aromatic N) is 2. The SMILES string of the molecule is CC(=O)NCCc1ccc(CN2CCN(c3ccccc3)CC2)cc1N. The van der Waals surface area contributed by atoms with E-state index in [2.05, 4.69) is 63.6 Å². The first-order valence-electron chi connectivity index (χ1n) is 9.26. The van der Waals surface area contributed by atoms with Gasteiger partial charge in [0.25, 0.3) is 0 Å². The smallest absolute Gasteiger partial charge is 0.216 e. The number of carbonyl (C=O) groups is 1. The summed E-state index contributed by atoms with van der Waals surface area (Å²) in [4.78, 5) is 15.9. The second-order valence-corrected chi connectivity index (χ2v) is 6.86. The molecule has 3 N–H and O–H groups in total. The lowest BCUT2D eigenvalue weighted by Crippen LogP contribution is -2.45. The Kier molecular flexibility index (Phi) is 6.12. The van der Waals surface area contributed by atoms with E-state index in [-0.39, 0.29) is 5.91 Å². The van der Waals surface area contributed by atoms with E-state index in [0.29, 0.717) is 6.54 Å². The maximum Gasteiger partial charge on any atom is 0.216 e. The molecule has 5 heteroatoms. The summed E-state index contributed by atoms with van der Waals surface area (Å²) in [6, 6.07) is 16.9. The van der Waals surface area contributed by atoms with E-state index in [1.165, 1.54) is 18.2 Å². The Morgan fingerprint density at radius 2 is 1.81 bits per heavy atom. The molecule has 0 spiro atoms. The summed E-state index contributed by atoms with van der Waals surface area (Å²) in [6.07, 6.45) is 0.765. The third-order valence-electron chi connectivity index (χ3n) is 4.88. The number of nitrogens with one attached hydrogen (secondary N) is 1. The second-order valence-electron chi connectivity index (χ2n) is 6.86. The fourth-order valence-corrected chi connectivity index (χ4v) is 3.40. The van der Waals surface area contributed by atoms with Gasteiger partial charge in [0.05, 0.1) is 0 Å². The number of hydrogen-bond donors (Lipinski definition) is 2. The van der Waals surface area contributed by atoms with Crippen LogP contribution in [0.5, 0.6) is 0 Å². The monoisotopic (exact) mass is 352 g/mol. The predicted octanol–water partition coefficient (Wildman–Crippen LogP) is 2.27. The Hall–Kier alpha value is -2.53. The molecule has 3 rings (SSSR count). The Balaban J connectivity index is 1.50. The lowest BCUT2D eigenvalue weighted by molar-refractivity contribution is -0.118. The van der Waals surface area contributed by atoms with E-state index in [4.69, 9.17) is 5.73 Å². The van der Waals surface area contributed by atoms with Crippen molar-refractivity contribution in [2.45, 2.75) is 19.9 Å². The van der Waals surface area contributed by atoms with Crippen LogP contribution in [0.25, 0.3) is 0 Å². The third-order valence-corrected chi connectivity index (χ3v) is 4.88. The van der Waals surface area contributed by atoms with Crippen molar-refractivity contribution < 1.29 is 4.79 Å². The number of amides is 1. The average molecular weight is 352 g/mol. The first-order chi connectivity index (χ1) is 12.6. The van der Waals surface area contributed by atoms with Gasteiger partial charge in [0, 0.05) is 57.6 Å². The molecule has 0 bridgehead atoms. The molecule has 138 valence electrons. The van der Waals surface area contributed by atoms with Gasteiger partial charge in [-0.25, -0.2) is 0 Å². The van der Waals surface area contributed by atoms with E-state index in [1.807, 2.05) is 0 Å². The normalized spacial score (nSPS) is 15.0. The number of hydrogen-bond acceptors (Lipinski definition) is 4. The molecule has 0 atom stereocenters. The predicted molar refractivity (Wildman–Crippen MR) is 107 cm³/mol. The van der Waals surface area contributed by atoms with Gasteiger partial charge in [-0.15, -0.1) is 0 Å². The van der Waals surface area contributed by atoms with Crippen molar-refractivity contribution in [1.82, 2.24) is 10.2 Å². The van der Waals surface area contributed by atoms with Gasteiger partial charge < -0.3 is 16.0 Å². The topological polar surface area (TPSA) is 61.6 Å². The number of anilines is 2. The van der Waals surface area contributed by atoms with Gasteiger partial charge in [-0.2, -0.15) is 0 Å². The number of para-hydroxylation sites is 1. The number of nitrogens with two attached hydrogens (primary N) is 1. The summed E-state index contributed by atoms with van der Waals surface area (Å²) in [5.74, 6) is -0.00478. The molecule has 1 fully saturated rings. The molecule has 1 aliphatic heterocycles. The first-order valence-corrected chi connectivity index (χ1v) is 9.26. The van der Waals surface area contributed by atoms with Crippen molar-refractivity contribution in [3.8, 4) is 0 Å². The quantitative estimate of drug-likeness (QED) is 0.783. The van der Waals surface area contributed by atoms with Crippen LogP contribution in [0.1, 0.15) is 18.1 Å². The molecule has 5 nitrogen and oxygen atoms in total. The highest BCUT2D eigenvalue weighted by Crippen LogP contribution is 2.19. The van der Waals surface area contributed by atoms with Crippen LogP contribution in [0.4, 0.5) is 11.4 Å². The summed E-state index contributed by atoms with van der Waals surface area (Å²) in [5, 5.41) is 2.81. The van der Waals surface area contributed by atoms with Gasteiger partial charge in [0.1, 0.15) is 0 Å². The van der Waals surface area contributed by atoms with Gasteiger partial charge in [0.2, 0.25) is 5.91 Å². The minimum absolute atomic E-state index is 0.00478. The van der Waals surface area contributed by atoms with Crippen LogP contribution in [-0.2, 0) is 17.8 Å². The van der Waals surface area contributed by atoms with Crippen LogP contribution in [0, 0.1) is 0 Å². The Morgan fingerprint density at radius 3 is 2.46 bits per heavy atom. The van der Waals surface area contributed by atoms with E-state index >= 15 is 0 Å². The van der Waals surface area contributed by atoms with Crippen molar-refractivity contribution in [3.05, 3.63) is 59.7 Å². The van der Waals surface area contributed by atoms with Crippen LogP contribution in [0.3, 0.4) is 0 Å². The molecule has 1 saturated heterocycles. The standard InChI is InChI=1S/C21H28N4O/c1-17(26)23-10-9-19-8-7-18(15-21(19)22)16-24-11-13-25(14-12-24)20-5-3-2-4-6-20/h2-8,15H,9-14,16,22H2,1H3,(H,23,26). The van der Waals surface area contributed by atoms with E-state index in [1.54, 1.807) is 0 Å². The highest BCUT2D eigenvalue weighted by Gasteiger charge is 2.17. The summed E-state index contributed by atoms with van der Waals surface area (Å²) in [5.41, 5.74) is 10.7. The van der Waals surface area contributed by atoms with Crippen LogP contribution < -0.4 is 16.0 Å². The maximum absolute atomic E-state index is 11.0. The van der Waals surface area contributed by atoms with Gasteiger partial charge in [-0.3, -0.25) is 9.69 Å². The van der Waals surface area contributed by atoms with Crippen molar-refractivity contribution in [2.24, 2.45) is 0 Å². The zero-order chi connectivity index (χ0) is 18.4. The van der Waals surface area contributed by atoms with E-state index in [0.717, 1.165) is 50.4 Å². The number of rotatable bonds is 6. The molecule has 0 saturated carbocycles. The molecule has 2 aromatic carbocycles. The summed E-state index contributed by atoms with van der Waals surface area (Å²) in [7, 11) is 0.